The van der Waals surface area contributed by atoms with Gasteiger partial charge in [-0.15, -0.1) is 0 Å². The zero-order chi connectivity index (χ0) is 16.3. The normalized spacial score (nSPS) is 15.8. The largest absolute Gasteiger partial charge is 0.478 e. The molecule has 2 rings (SSSR count). The van der Waals surface area contributed by atoms with Crippen LogP contribution in [0.1, 0.15) is 37.6 Å². The van der Waals surface area contributed by atoms with Crippen molar-refractivity contribution in [2.75, 3.05) is 31.1 Å². The molecule has 1 aromatic rings. The summed E-state index contributed by atoms with van der Waals surface area (Å²) < 4.78 is 0. The minimum atomic E-state index is -0.975. The minimum Gasteiger partial charge on any atom is -0.478 e. The van der Waals surface area contributed by atoms with Gasteiger partial charge in [0, 0.05) is 38.8 Å². The fourth-order valence-corrected chi connectivity index (χ4v) is 2.45. The Bertz CT molecular complexity index is 541. The molecule has 0 aliphatic carbocycles. The first-order valence-electron chi connectivity index (χ1n) is 7.48. The average molecular weight is 305 g/mol. The first-order chi connectivity index (χ1) is 10.3. The maximum atomic E-state index is 12.2. The van der Waals surface area contributed by atoms with Crippen molar-refractivity contribution in [3.05, 3.63) is 23.9 Å². The fourth-order valence-electron chi connectivity index (χ4n) is 2.45. The van der Waals surface area contributed by atoms with E-state index in [0.29, 0.717) is 19.5 Å². The van der Waals surface area contributed by atoms with Crippen molar-refractivity contribution in [2.24, 2.45) is 5.41 Å². The molecule has 1 aliphatic heterocycles. The van der Waals surface area contributed by atoms with Gasteiger partial charge in [0.05, 0.1) is 5.56 Å². The number of anilines is 1. The summed E-state index contributed by atoms with van der Waals surface area (Å²) in [4.78, 5) is 31.2. The van der Waals surface area contributed by atoms with Gasteiger partial charge in [-0.1, -0.05) is 20.8 Å². The minimum absolute atomic E-state index is 0.00242. The van der Waals surface area contributed by atoms with Gasteiger partial charge in [-0.2, -0.15) is 0 Å². The van der Waals surface area contributed by atoms with E-state index >= 15 is 0 Å². The van der Waals surface area contributed by atoms with E-state index in [4.69, 9.17) is 5.11 Å². The molecule has 0 spiro atoms. The summed E-state index contributed by atoms with van der Waals surface area (Å²) >= 11 is 0. The third kappa shape index (κ3) is 4.19. The van der Waals surface area contributed by atoms with Crippen molar-refractivity contribution in [2.45, 2.75) is 27.2 Å². The molecule has 120 valence electrons. The van der Waals surface area contributed by atoms with Crippen molar-refractivity contribution in [1.29, 1.82) is 0 Å². The number of hydrogen-bond donors (Lipinski definition) is 1. The molecule has 2 heterocycles. The fraction of sp³-hybridized carbons (Fsp3) is 0.562. The first kappa shape index (κ1) is 16.3. The lowest BCUT2D eigenvalue weighted by Crippen LogP contribution is -2.49. The number of hydrogen-bond acceptors (Lipinski definition) is 4. The summed E-state index contributed by atoms with van der Waals surface area (Å²) in [6.45, 7) is 8.98. The van der Waals surface area contributed by atoms with Crippen LogP contribution < -0.4 is 4.90 Å². The molecule has 0 unspecified atom stereocenters. The van der Waals surface area contributed by atoms with E-state index in [9.17, 15) is 9.59 Å². The molecular formula is C16H23N3O3. The number of amides is 1. The molecule has 1 N–H and O–H groups in total. The van der Waals surface area contributed by atoms with Gasteiger partial charge < -0.3 is 14.9 Å². The summed E-state index contributed by atoms with van der Waals surface area (Å²) in [7, 11) is 0. The van der Waals surface area contributed by atoms with E-state index in [-0.39, 0.29) is 16.9 Å². The predicted octanol–water partition coefficient (Wildman–Crippen LogP) is 1.86. The van der Waals surface area contributed by atoms with Crippen LogP contribution in [-0.4, -0.2) is 53.0 Å². The molecule has 0 atom stereocenters. The Kier molecular flexibility index (Phi) is 4.68. The summed E-state index contributed by atoms with van der Waals surface area (Å²) in [5.74, 6) is -0.0223. The summed E-state index contributed by atoms with van der Waals surface area (Å²) in [5.41, 5.74) is 0.186. The van der Waals surface area contributed by atoms with Crippen molar-refractivity contribution < 1.29 is 14.7 Å². The molecule has 1 saturated heterocycles. The van der Waals surface area contributed by atoms with Crippen LogP contribution in [0.4, 0.5) is 5.82 Å². The van der Waals surface area contributed by atoms with Crippen LogP contribution in [0.15, 0.2) is 18.3 Å². The molecule has 0 radical (unpaired) electrons. The van der Waals surface area contributed by atoms with E-state index in [1.165, 1.54) is 6.20 Å². The number of piperazine rings is 1. The van der Waals surface area contributed by atoms with Crippen LogP contribution in [0.3, 0.4) is 0 Å². The second kappa shape index (κ2) is 6.34. The quantitative estimate of drug-likeness (QED) is 0.922. The highest BCUT2D eigenvalue weighted by Gasteiger charge is 2.25. The second-order valence-corrected chi connectivity index (χ2v) is 6.82. The van der Waals surface area contributed by atoms with E-state index < -0.39 is 5.97 Å². The molecule has 0 saturated carbocycles. The van der Waals surface area contributed by atoms with Crippen LogP contribution >= 0.6 is 0 Å². The lowest BCUT2D eigenvalue weighted by atomic mass is 9.91. The summed E-state index contributed by atoms with van der Waals surface area (Å²) in [5, 5.41) is 8.88. The van der Waals surface area contributed by atoms with Crippen LogP contribution in [0.5, 0.6) is 0 Å². The number of aromatic carboxylic acids is 1. The molecule has 6 heteroatoms. The maximum absolute atomic E-state index is 12.2. The average Bonchev–Trinajstić information content (AvgIpc) is 2.46. The molecule has 1 aromatic heterocycles. The second-order valence-electron chi connectivity index (χ2n) is 6.82. The number of carboxylic acid groups (broad SMARTS) is 1. The molecule has 6 nitrogen and oxygen atoms in total. The number of carbonyl (C=O) groups is 2. The van der Waals surface area contributed by atoms with E-state index in [1.54, 1.807) is 12.1 Å². The van der Waals surface area contributed by atoms with Crippen LogP contribution in [0, 0.1) is 5.41 Å². The molecule has 0 aromatic carbocycles. The summed E-state index contributed by atoms with van der Waals surface area (Å²) in [6, 6.07) is 3.28. The lowest BCUT2D eigenvalue weighted by molar-refractivity contribution is -0.133. The van der Waals surface area contributed by atoms with Crippen molar-refractivity contribution in [3.63, 3.8) is 0 Å². The topological polar surface area (TPSA) is 73.7 Å². The van der Waals surface area contributed by atoms with Crippen molar-refractivity contribution in [1.82, 2.24) is 9.88 Å². The Balaban J connectivity index is 1.91. The molecular weight excluding hydrogens is 282 g/mol. The standard InChI is InChI=1S/C16H23N3O3/c1-16(2,3)10-14(20)19-8-6-18(7-9-19)13-5-4-12(11-17-13)15(21)22/h4-5,11H,6-10H2,1-3H3,(H,21,22). The van der Waals surface area contributed by atoms with Crippen LogP contribution in [0.25, 0.3) is 0 Å². The van der Waals surface area contributed by atoms with E-state index in [1.807, 2.05) is 4.90 Å². The maximum Gasteiger partial charge on any atom is 0.337 e. The zero-order valence-electron chi connectivity index (χ0n) is 13.4. The first-order valence-corrected chi connectivity index (χ1v) is 7.48. The third-order valence-electron chi connectivity index (χ3n) is 3.63. The van der Waals surface area contributed by atoms with Gasteiger partial charge in [-0.3, -0.25) is 4.79 Å². The number of carbonyl (C=O) groups excluding carboxylic acids is 1. The lowest BCUT2D eigenvalue weighted by Gasteiger charge is -2.36. The molecule has 0 bridgehead atoms. The SMILES string of the molecule is CC(C)(C)CC(=O)N1CCN(c2ccc(C(=O)O)cn2)CC1. The summed E-state index contributed by atoms with van der Waals surface area (Å²) in [6.07, 6.45) is 1.92. The van der Waals surface area contributed by atoms with Gasteiger partial charge in [-0.05, 0) is 17.5 Å². The van der Waals surface area contributed by atoms with Gasteiger partial charge >= 0.3 is 5.97 Å². The van der Waals surface area contributed by atoms with Crippen LogP contribution in [0.2, 0.25) is 0 Å². The Morgan fingerprint density at radius 1 is 1.18 bits per heavy atom. The predicted molar refractivity (Wildman–Crippen MR) is 84.1 cm³/mol. The number of rotatable bonds is 3. The highest BCUT2D eigenvalue weighted by atomic mass is 16.4. The number of nitrogens with zero attached hydrogens (tertiary/aromatic N) is 3. The van der Waals surface area contributed by atoms with Gasteiger partial charge in [0.2, 0.25) is 5.91 Å². The highest BCUT2D eigenvalue weighted by Crippen LogP contribution is 2.21. The van der Waals surface area contributed by atoms with E-state index in [0.717, 1.165) is 18.9 Å². The van der Waals surface area contributed by atoms with Gasteiger partial charge in [0.25, 0.3) is 0 Å². The molecule has 22 heavy (non-hydrogen) atoms. The monoisotopic (exact) mass is 305 g/mol. The van der Waals surface area contributed by atoms with Crippen molar-refractivity contribution in [3.8, 4) is 0 Å². The van der Waals surface area contributed by atoms with E-state index in [2.05, 4.69) is 30.7 Å². The number of pyridine rings is 1. The Morgan fingerprint density at radius 3 is 2.27 bits per heavy atom. The molecule has 1 aliphatic rings. The van der Waals surface area contributed by atoms with Gasteiger partial charge in [0.15, 0.2) is 0 Å². The zero-order valence-corrected chi connectivity index (χ0v) is 13.4. The van der Waals surface area contributed by atoms with Gasteiger partial charge in [-0.25, -0.2) is 9.78 Å². The Morgan fingerprint density at radius 2 is 1.82 bits per heavy atom. The highest BCUT2D eigenvalue weighted by molar-refractivity contribution is 5.87. The third-order valence-corrected chi connectivity index (χ3v) is 3.63. The van der Waals surface area contributed by atoms with Gasteiger partial charge in [0.1, 0.15) is 5.82 Å². The van der Waals surface area contributed by atoms with Crippen LogP contribution in [-0.2, 0) is 4.79 Å². The number of carboxylic acids is 1. The smallest absolute Gasteiger partial charge is 0.337 e. The Labute approximate surface area is 130 Å². The molecule has 1 amide bonds. The van der Waals surface area contributed by atoms with Crippen molar-refractivity contribution >= 4 is 17.7 Å². The number of aromatic nitrogens is 1. The molecule has 1 fully saturated rings. The Hall–Kier alpha value is -2.11.